The number of pyridine rings is 1. The van der Waals surface area contributed by atoms with Crippen LogP contribution in [0, 0.1) is 5.92 Å². The molecule has 1 aliphatic carbocycles. The number of benzene rings is 5. The Morgan fingerprint density at radius 1 is 0.682 bits per heavy atom. The largest absolute Gasteiger partial charge is 0.309 e. The Balaban J connectivity index is 1.40. The lowest BCUT2D eigenvalue weighted by atomic mass is 9.94. The molecule has 3 nitrogen and oxygen atoms in total. The molecule has 0 radical (unpaired) electrons. The lowest BCUT2D eigenvalue weighted by molar-refractivity contribution is 0.592. The third-order valence-corrected chi connectivity index (χ3v) is 11.8. The molecule has 0 bridgehead atoms. The zero-order valence-electron chi connectivity index (χ0n) is 24.5. The maximum absolute atomic E-state index is 15.0. The number of fused-ring (bicyclic) bond motifs is 5. The first-order valence-corrected chi connectivity index (χ1v) is 16.9. The van der Waals surface area contributed by atoms with Crippen molar-refractivity contribution in [3.8, 4) is 5.69 Å². The van der Waals surface area contributed by atoms with Crippen LogP contribution in [0.5, 0.6) is 0 Å². The van der Waals surface area contributed by atoms with Crippen molar-refractivity contribution in [2.45, 2.75) is 13.3 Å². The van der Waals surface area contributed by atoms with Gasteiger partial charge in [-0.3, -0.25) is 0 Å². The van der Waals surface area contributed by atoms with Crippen LogP contribution in [0.25, 0.3) is 44.0 Å². The minimum Gasteiger partial charge on any atom is -0.309 e. The summed E-state index contributed by atoms with van der Waals surface area (Å²) in [6, 6.07) is 45.1. The summed E-state index contributed by atoms with van der Waals surface area (Å²) in [5.74, 6) is 0.445. The van der Waals surface area contributed by atoms with Gasteiger partial charge in [0.05, 0.1) is 22.2 Å². The number of nitrogens with zero attached hydrogens (tertiary/aromatic N) is 2. The first-order valence-electron chi connectivity index (χ1n) is 15.2. The molecular weight excluding hydrogens is 555 g/mol. The molecule has 0 amide bonds. The average molecular weight is 587 g/mol. The first-order chi connectivity index (χ1) is 21.6. The van der Waals surface area contributed by atoms with Gasteiger partial charge in [0.15, 0.2) is 7.14 Å². The summed E-state index contributed by atoms with van der Waals surface area (Å²) in [7, 11) is -3.08. The van der Waals surface area contributed by atoms with Gasteiger partial charge >= 0.3 is 0 Å². The van der Waals surface area contributed by atoms with Crippen molar-refractivity contribution in [2.24, 2.45) is 5.92 Å². The van der Waals surface area contributed by atoms with Crippen LogP contribution in [0.2, 0.25) is 0 Å². The van der Waals surface area contributed by atoms with Crippen molar-refractivity contribution >= 4 is 61.3 Å². The Morgan fingerprint density at radius 2 is 1.27 bits per heavy atom. The fourth-order valence-electron chi connectivity index (χ4n) is 6.69. The minimum absolute atomic E-state index is 0.445. The molecule has 8 rings (SSSR count). The third kappa shape index (κ3) is 4.19. The number of hydrogen-bond acceptors (Lipinski definition) is 2. The normalized spacial score (nSPS) is 15.2. The molecule has 0 N–H and O–H groups in total. The predicted octanol–water partition coefficient (Wildman–Crippen LogP) is 8.95. The fraction of sp³-hybridized carbons (Fsp3) is 0.0750. The second-order valence-electron chi connectivity index (χ2n) is 11.6. The van der Waals surface area contributed by atoms with Crippen molar-refractivity contribution in [3.63, 3.8) is 0 Å². The van der Waals surface area contributed by atoms with Gasteiger partial charge in [0.25, 0.3) is 0 Å². The number of hydrogen-bond donors (Lipinski definition) is 0. The molecule has 212 valence electrons. The van der Waals surface area contributed by atoms with Crippen LogP contribution in [0.3, 0.4) is 0 Å². The first kappa shape index (κ1) is 26.6. The topological polar surface area (TPSA) is 34.9 Å². The summed E-state index contributed by atoms with van der Waals surface area (Å²) >= 11 is 0. The minimum atomic E-state index is -3.08. The highest BCUT2D eigenvalue weighted by molar-refractivity contribution is 7.85. The van der Waals surface area contributed by atoms with Crippen LogP contribution in [0.4, 0.5) is 0 Å². The van der Waals surface area contributed by atoms with Crippen LogP contribution in [-0.2, 0) is 4.57 Å². The monoisotopic (exact) mass is 586 g/mol. The highest BCUT2D eigenvalue weighted by Crippen LogP contribution is 2.44. The molecule has 2 aromatic heterocycles. The SMILES string of the molecule is CC1C=C(c2nc3ccccc3c3c4ccccc4n(-c4ccc(P(=O)(c5ccccc5)c5ccccc5)cc4)c23)C=CC1. The lowest BCUT2D eigenvalue weighted by Gasteiger charge is -2.21. The van der Waals surface area contributed by atoms with E-state index in [9.17, 15) is 0 Å². The van der Waals surface area contributed by atoms with Crippen molar-refractivity contribution in [1.29, 1.82) is 0 Å². The van der Waals surface area contributed by atoms with E-state index in [-0.39, 0.29) is 0 Å². The molecule has 44 heavy (non-hydrogen) atoms. The van der Waals surface area contributed by atoms with Gasteiger partial charge in [0.1, 0.15) is 0 Å². The van der Waals surface area contributed by atoms with E-state index in [1.54, 1.807) is 0 Å². The summed E-state index contributed by atoms with van der Waals surface area (Å²) in [4.78, 5) is 5.29. The van der Waals surface area contributed by atoms with Crippen LogP contribution < -0.4 is 15.9 Å². The van der Waals surface area contributed by atoms with Gasteiger partial charge in [-0.15, -0.1) is 0 Å². The van der Waals surface area contributed by atoms with Crippen molar-refractivity contribution in [3.05, 3.63) is 157 Å². The van der Waals surface area contributed by atoms with Gasteiger partial charge in [-0.1, -0.05) is 122 Å². The van der Waals surface area contributed by atoms with E-state index < -0.39 is 7.14 Å². The molecule has 0 saturated heterocycles. The molecule has 5 aromatic carbocycles. The Kier molecular flexibility index (Phi) is 6.43. The Morgan fingerprint density at radius 3 is 1.95 bits per heavy atom. The van der Waals surface area contributed by atoms with Crippen molar-refractivity contribution in [2.75, 3.05) is 0 Å². The molecular formula is C40H31N2OP. The Hall–Kier alpha value is -4.98. The van der Waals surface area contributed by atoms with Crippen molar-refractivity contribution in [1.82, 2.24) is 9.55 Å². The molecule has 0 spiro atoms. The smallest absolute Gasteiger partial charge is 0.171 e. The molecule has 4 heteroatoms. The second-order valence-corrected chi connectivity index (χ2v) is 14.4. The summed E-state index contributed by atoms with van der Waals surface area (Å²) in [5.41, 5.74) is 6.36. The summed E-state index contributed by atoms with van der Waals surface area (Å²) < 4.78 is 17.4. The number of allylic oxidation sites excluding steroid dienone is 4. The predicted molar refractivity (Wildman–Crippen MR) is 186 cm³/mol. The standard InChI is InChI=1S/C40H31N2OP/c1-28-13-12-14-29(27-28)39-40-38(34-19-8-10-21-36(34)41-39)35-20-9-11-22-37(35)42(40)30-23-25-33(26-24-30)44(43,31-15-4-2-5-16-31)32-17-6-3-7-18-32/h2-12,14-28H,13H2,1H3. The molecule has 1 atom stereocenters. The van der Waals surface area contributed by atoms with Gasteiger partial charge in [-0.25, -0.2) is 4.98 Å². The highest BCUT2D eigenvalue weighted by Gasteiger charge is 2.30. The van der Waals surface area contributed by atoms with E-state index in [0.29, 0.717) is 5.92 Å². The molecule has 0 saturated carbocycles. The summed E-state index contributed by atoms with van der Waals surface area (Å²) in [6.07, 6.45) is 7.86. The summed E-state index contributed by atoms with van der Waals surface area (Å²) in [6.45, 7) is 2.26. The van der Waals surface area contributed by atoms with Gasteiger partial charge < -0.3 is 9.13 Å². The molecule has 0 fully saturated rings. The highest BCUT2D eigenvalue weighted by atomic mass is 31.2. The van der Waals surface area contributed by atoms with E-state index in [0.717, 1.165) is 61.2 Å². The van der Waals surface area contributed by atoms with E-state index in [1.807, 2.05) is 72.8 Å². The Labute approximate surface area is 257 Å². The van der Waals surface area contributed by atoms with Crippen molar-refractivity contribution < 1.29 is 4.57 Å². The van der Waals surface area contributed by atoms with E-state index in [4.69, 9.17) is 4.98 Å². The van der Waals surface area contributed by atoms with Gasteiger partial charge in [-0.05, 0) is 54.3 Å². The van der Waals surface area contributed by atoms with E-state index in [2.05, 4.69) is 90.4 Å². The van der Waals surface area contributed by atoms with Crippen LogP contribution in [0.15, 0.2) is 152 Å². The number of para-hydroxylation sites is 2. The van der Waals surface area contributed by atoms with Crippen LogP contribution in [-0.4, -0.2) is 9.55 Å². The zero-order chi connectivity index (χ0) is 29.7. The second kappa shape index (κ2) is 10.6. The third-order valence-electron chi connectivity index (χ3n) is 8.76. The van der Waals surface area contributed by atoms with Gasteiger partial charge in [0.2, 0.25) is 0 Å². The maximum Gasteiger partial charge on any atom is 0.171 e. The quantitative estimate of drug-likeness (QED) is 0.189. The van der Waals surface area contributed by atoms with Gasteiger partial charge in [-0.2, -0.15) is 0 Å². The maximum atomic E-state index is 15.0. The van der Waals surface area contributed by atoms with Crippen LogP contribution >= 0.6 is 7.14 Å². The molecule has 7 aromatic rings. The molecule has 1 unspecified atom stereocenters. The van der Waals surface area contributed by atoms with E-state index >= 15 is 4.57 Å². The summed E-state index contributed by atoms with van der Waals surface area (Å²) in [5, 5.41) is 6.02. The molecule has 1 aliphatic rings. The number of rotatable bonds is 5. The fourth-order valence-corrected chi connectivity index (χ4v) is 9.34. The zero-order valence-corrected chi connectivity index (χ0v) is 25.4. The Bertz CT molecular complexity index is 2240. The lowest BCUT2D eigenvalue weighted by Crippen LogP contribution is -2.25. The average Bonchev–Trinajstić information content (AvgIpc) is 3.44. The van der Waals surface area contributed by atoms with E-state index in [1.165, 1.54) is 10.8 Å². The number of aromatic nitrogens is 2. The molecule has 2 heterocycles. The molecule has 0 aliphatic heterocycles. The van der Waals surface area contributed by atoms with Gasteiger partial charge in [0, 0.05) is 37.8 Å². The van der Waals surface area contributed by atoms with Crippen LogP contribution in [0.1, 0.15) is 19.0 Å².